The average molecular weight is 385 g/mol. The summed E-state index contributed by atoms with van der Waals surface area (Å²) in [5.74, 6) is -0.566. The van der Waals surface area contributed by atoms with Crippen molar-refractivity contribution in [2.75, 3.05) is 11.9 Å². The molecule has 0 radical (unpaired) electrons. The van der Waals surface area contributed by atoms with E-state index in [0.717, 1.165) is 35.6 Å². The molecule has 0 unspecified atom stereocenters. The maximum absolute atomic E-state index is 13.4. The van der Waals surface area contributed by atoms with Crippen LogP contribution in [-0.2, 0) is 0 Å². The van der Waals surface area contributed by atoms with Crippen molar-refractivity contribution in [3.63, 3.8) is 0 Å². The Morgan fingerprint density at radius 2 is 1.89 bits per heavy atom. The smallest absolute Gasteiger partial charge is 0.346 e. The summed E-state index contributed by atoms with van der Waals surface area (Å²) in [6, 6.07) is 8.11. The highest BCUT2D eigenvalue weighted by molar-refractivity contribution is 7.20. The Bertz CT molecular complexity index is 981. The van der Waals surface area contributed by atoms with Crippen molar-refractivity contribution in [2.24, 2.45) is 0 Å². The number of aromatic nitrogens is 2. The Hall–Kier alpha value is -2.54. The fraction of sp³-hybridized carbons (Fsp3) is 0.350. The zero-order valence-corrected chi connectivity index (χ0v) is 15.8. The number of carboxylic acid groups (broad SMARTS) is 1. The van der Waals surface area contributed by atoms with E-state index < -0.39 is 5.97 Å². The first-order chi connectivity index (χ1) is 13.0. The van der Waals surface area contributed by atoms with Gasteiger partial charge in [0.05, 0.1) is 0 Å². The number of carbonyl (C=O) groups is 1. The topological polar surface area (TPSA) is 66.3 Å². The number of rotatable bonds is 4. The number of anilines is 1. The average Bonchev–Trinajstić information content (AvgIpc) is 3.11. The Kier molecular flexibility index (Phi) is 4.78. The van der Waals surface area contributed by atoms with Gasteiger partial charge in [0, 0.05) is 18.7 Å². The third-order valence-corrected chi connectivity index (χ3v) is 6.14. The predicted molar refractivity (Wildman–Crippen MR) is 105 cm³/mol. The molecule has 0 amide bonds. The molecular formula is C20H20FN3O2S. The first-order valence-electron chi connectivity index (χ1n) is 9.06. The van der Waals surface area contributed by atoms with Gasteiger partial charge in [0.1, 0.15) is 26.7 Å². The molecule has 0 spiro atoms. The molecule has 1 aromatic carbocycles. The van der Waals surface area contributed by atoms with Crippen molar-refractivity contribution < 1.29 is 14.3 Å². The van der Waals surface area contributed by atoms with Gasteiger partial charge < -0.3 is 10.0 Å². The monoisotopic (exact) mass is 385 g/mol. The quantitative estimate of drug-likeness (QED) is 0.687. The van der Waals surface area contributed by atoms with E-state index in [1.165, 1.54) is 31.4 Å². The lowest BCUT2D eigenvalue weighted by Gasteiger charge is -2.33. The maximum Gasteiger partial charge on any atom is 0.346 e. The van der Waals surface area contributed by atoms with Crippen molar-refractivity contribution in [1.29, 1.82) is 0 Å². The van der Waals surface area contributed by atoms with Gasteiger partial charge >= 0.3 is 5.97 Å². The van der Waals surface area contributed by atoms with E-state index >= 15 is 0 Å². The number of nitrogens with zero attached hydrogens (tertiary/aromatic N) is 3. The summed E-state index contributed by atoms with van der Waals surface area (Å²) in [6.45, 7) is 0. The summed E-state index contributed by atoms with van der Waals surface area (Å²) >= 11 is 1.13. The zero-order valence-electron chi connectivity index (χ0n) is 15.0. The SMILES string of the molecule is CN(c1nc2sc(C(=O)O)cc2nc1-c1ccc(F)cc1)C1CCCCC1. The first-order valence-corrected chi connectivity index (χ1v) is 9.88. The first kappa shape index (κ1) is 17.9. The molecule has 2 heterocycles. The summed E-state index contributed by atoms with van der Waals surface area (Å²) in [5.41, 5.74) is 1.98. The zero-order chi connectivity index (χ0) is 19.0. The Morgan fingerprint density at radius 3 is 2.56 bits per heavy atom. The van der Waals surface area contributed by atoms with Gasteiger partial charge in [-0.15, -0.1) is 11.3 Å². The summed E-state index contributed by atoms with van der Waals surface area (Å²) in [7, 11) is 2.02. The number of halogens is 1. The van der Waals surface area contributed by atoms with Gasteiger partial charge in [-0.25, -0.2) is 19.2 Å². The lowest BCUT2D eigenvalue weighted by atomic mass is 9.94. The molecule has 1 aliphatic carbocycles. The Balaban J connectivity index is 1.86. The van der Waals surface area contributed by atoms with E-state index in [0.29, 0.717) is 22.1 Å². The van der Waals surface area contributed by atoms with Gasteiger partial charge in [0.25, 0.3) is 0 Å². The molecule has 0 aliphatic heterocycles. The van der Waals surface area contributed by atoms with Crippen LogP contribution in [0.25, 0.3) is 21.6 Å². The highest BCUT2D eigenvalue weighted by atomic mass is 32.1. The second-order valence-corrected chi connectivity index (χ2v) is 7.94. The number of hydrogen-bond donors (Lipinski definition) is 1. The molecule has 5 nitrogen and oxygen atoms in total. The second-order valence-electron chi connectivity index (χ2n) is 6.91. The van der Waals surface area contributed by atoms with Crippen molar-refractivity contribution in [3.05, 3.63) is 41.0 Å². The molecular weight excluding hydrogens is 365 g/mol. The van der Waals surface area contributed by atoms with Gasteiger partial charge in [0.2, 0.25) is 0 Å². The molecule has 2 aromatic heterocycles. The summed E-state index contributed by atoms with van der Waals surface area (Å²) in [5, 5.41) is 9.29. The van der Waals surface area contributed by atoms with E-state index in [-0.39, 0.29) is 10.7 Å². The van der Waals surface area contributed by atoms with Crippen molar-refractivity contribution in [3.8, 4) is 11.3 Å². The molecule has 0 bridgehead atoms. The molecule has 140 valence electrons. The van der Waals surface area contributed by atoms with Crippen LogP contribution < -0.4 is 4.90 Å². The van der Waals surface area contributed by atoms with E-state index in [1.807, 2.05) is 7.05 Å². The van der Waals surface area contributed by atoms with Crippen LogP contribution in [0.1, 0.15) is 41.8 Å². The van der Waals surface area contributed by atoms with Gasteiger partial charge in [-0.2, -0.15) is 0 Å². The number of thiophene rings is 1. The summed E-state index contributed by atoms with van der Waals surface area (Å²) in [6.07, 6.45) is 5.85. The van der Waals surface area contributed by atoms with E-state index in [4.69, 9.17) is 9.97 Å². The van der Waals surface area contributed by atoms with E-state index in [2.05, 4.69) is 4.90 Å². The molecule has 1 N–H and O–H groups in total. The van der Waals surface area contributed by atoms with Crippen LogP contribution in [0, 0.1) is 5.82 Å². The van der Waals surface area contributed by atoms with E-state index in [1.54, 1.807) is 18.2 Å². The van der Waals surface area contributed by atoms with Crippen LogP contribution in [-0.4, -0.2) is 34.1 Å². The van der Waals surface area contributed by atoms with Crippen LogP contribution in [0.5, 0.6) is 0 Å². The van der Waals surface area contributed by atoms with Gasteiger partial charge in [-0.05, 0) is 43.2 Å². The van der Waals surface area contributed by atoms with Crippen LogP contribution in [0.15, 0.2) is 30.3 Å². The number of aromatic carboxylic acids is 1. The van der Waals surface area contributed by atoms with Crippen LogP contribution in [0.4, 0.5) is 10.2 Å². The molecule has 1 fully saturated rings. The summed E-state index contributed by atoms with van der Waals surface area (Å²) in [4.78, 5) is 23.8. The molecule has 0 atom stereocenters. The molecule has 7 heteroatoms. The minimum absolute atomic E-state index is 0.215. The molecule has 3 aromatic rings. The fourth-order valence-corrected chi connectivity index (χ4v) is 4.45. The number of hydrogen-bond acceptors (Lipinski definition) is 5. The molecule has 4 rings (SSSR count). The normalized spacial score (nSPS) is 15.2. The highest BCUT2D eigenvalue weighted by Crippen LogP contribution is 2.35. The van der Waals surface area contributed by atoms with Crippen molar-refractivity contribution >= 4 is 33.5 Å². The predicted octanol–water partition coefficient (Wildman–Crippen LogP) is 4.96. The fourth-order valence-electron chi connectivity index (χ4n) is 3.65. The molecule has 0 saturated heterocycles. The van der Waals surface area contributed by atoms with Crippen LogP contribution in [0.2, 0.25) is 0 Å². The van der Waals surface area contributed by atoms with Crippen LogP contribution in [0.3, 0.4) is 0 Å². The maximum atomic E-state index is 13.4. The minimum atomic E-state index is -0.981. The largest absolute Gasteiger partial charge is 0.477 e. The highest BCUT2D eigenvalue weighted by Gasteiger charge is 2.24. The number of fused-ring (bicyclic) bond motifs is 1. The molecule has 27 heavy (non-hydrogen) atoms. The molecule has 1 aliphatic rings. The van der Waals surface area contributed by atoms with Crippen molar-refractivity contribution in [1.82, 2.24) is 9.97 Å². The van der Waals surface area contributed by atoms with Crippen molar-refractivity contribution in [2.45, 2.75) is 38.1 Å². The number of benzene rings is 1. The van der Waals surface area contributed by atoms with Gasteiger partial charge in [-0.3, -0.25) is 0 Å². The number of carboxylic acids is 1. The third-order valence-electron chi connectivity index (χ3n) is 5.13. The second kappa shape index (κ2) is 7.23. The Morgan fingerprint density at radius 1 is 1.19 bits per heavy atom. The minimum Gasteiger partial charge on any atom is -0.477 e. The van der Waals surface area contributed by atoms with Gasteiger partial charge in [0.15, 0.2) is 5.82 Å². The van der Waals surface area contributed by atoms with Gasteiger partial charge in [-0.1, -0.05) is 19.3 Å². The lowest BCUT2D eigenvalue weighted by Crippen LogP contribution is -2.34. The van der Waals surface area contributed by atoms with Crippen LogP contribution >= 0.6 is 11.3 Å². The summed E-state index contributed by atoms with van der Waals surface area (Å²) < 4.78 is 13.4. The molecule has 1 saturated carbocycles. The third kappa shape index (κ3) is 3.51. The standard InChI is InChI=1S/C20H20FN3O2S/c1-24(14-5-3-2-4-6-14)18-17(12-7-9-13(21)10-8-12)22-15-11-16(20(25)26)27-19(15)23-18/h7-11,14H,2-6H2,1H3,(H,25,26). The lowest BCUT2D eigenvalue weighted by molar-refractivity contribution is 0.0702. The Labute approximate surface area is 160 Å². The van der Waals surface area contributed by atoms with E-state index in [9.17, 15) is 14.3 Å².